The summed E-state index contributed by atoms with van der Waals surface area (Å²) in [6.45, 7) is 6.71. The van der Waals surface area contributed by atoms with Crippen molar-refractivity contribution in [3.63, 3.8) is 0 Å². The predicted octanol–water partition coefficient (Wildman–Crippen LogP) is 0.992. The molecule has 0 aromatic carbocycles. The molecule has 1 unspecified atom stereocenters. The molecule has 0 aliphatic carbocycles. The van der Waals surface area contributed by atoms with Gasteiger partial charge in [-0.15, -0.1) is 10.2 Å². The van der Waals surface area contributed by atoms with E-state index >= 15 is 0 Å². The van der Waals surface area contributed by atoms with Gasteiger partial charge in [-0.3, -0.25) is 4.90 Å². The smallest absolute Gasteiger partial charge is 0.324 e. The van der Waals surface area contributed by atoms with Crippen molar-refractivity contribution in [2.45, 2.75) is 32.4 Å². The average Bonchev–Trinajstić information content (AvgIpc) is 2.73. The number of hydrogen-bond acceptors (Lipinski definition) is 5. The molecule has 7 heteroatoms. The van der Waals surface area contributed by atoms with Crippen LogP contribution in [0.1, 0.15) is 25.8 Å². The van der Waals surface area contributed by atoms with Crippen molar-refractivity contribution in [1.82, 2.24) is 15.1 Å². The summed E-state index contributed by atoms with van der Waals surface area (Å²) in [5.41, 5.74) is 5.85. The van der Waals surface area contributed by atoms with Crippen LogP contribution in [0.25, 0.3) is 0 Å². The van der Waals surface area contributed by atoms with Gasteiger partial charge in [0.1, 0.15) is 11.2 Å². The third kappa shape index (κ3) is 2.12. The van der Waals surface area contributed by atoms with Gasteiger partial charge in [0.15, 0.2) is 0 Å². The van der Waals surface area contributed by atoms with Gasteiger partial charge in [-0.1, -0.05) is 32.1 Å². The number of carbonyl (C=O) groups excluding carboxylic acids is 1. The first-order chi connectivity index (χ1) is 7.80. The SMILES string of the molecule is CN1CC(N)N(c2nnc(C(C)(C)C)s2)C1=O. The molecule has 1 aliphatic rings. The number of aromatic nitrogens is 2. The first-order valence-electron chi connectivity index (χ1n) is 5.44. The Kier molecular flexibility index (Phi) is 2.82. The maximum absolute atomic E-state index is 11.9. The fourth-order valence-electron chi connectivity index (χ4n) is 1.61. The zero-order valence-electron chi connectivity index (χ0n) is 10.5. The van der Waals surface area contributed by atoms with E-state index in [9.17, 15) is 4.79 Å². The van der Waals surface area contributed by atoms with Crippen molar-refractivity contribution in [3.8, 4) is 0 Å². The van der Waals surface area contributed by atoms with E-state index in [0.29, 0.717) is 11.7 Å². The van der Waals surface area contributed by atoms with Crippen LogP contribution in [0.15, 0.2) is 0 Å². The Hall–Kier alpha value is -1.21. The van der Waals surface area contributed by atoms with Gasteiger partial charge in [-0.2, -0.15) is 0 Å². The highest BCUT2D eigenvalue weighted by Crippen LogP contribution is 2.31. The van der Waals surface area contributed by atoms with Gasteiger partial charge in [-0.25, -0.2) is 4.79 Å². The average molecular weight is 255 g/mol. The van der Waals surface area contributed by atoms with E-state index in [4.69, 9.17) is 5.73 Å². The first-order valence-corrected chi connectivity index (χ1v) is 6.26. The highest BCUT2D eigenvalue weighted by atomic mass is 32.1. The molecule has 1 saturated heterocycles. The normalized spacial score (nSPS) is 21.5. The van der Waals surface area contributed by atoms with Crippen LogP contribution in [0, 0.1) is 0 Å². The Morgan fingerprint density at radius 2 is 2.06 bits per heavy atom. The van der Waals surface area contributed by atoms with Gasteiger partial charge in [-0.05, 0) is 0 Å². The molecule has 0 bridgehead atoms. The maximum atomic E-state index is 11.9. The van der Waals surface area contributed by atoms with Gasteiger partial charge in [0.05, 0.1) is 6.54 Å². The topological polar surface area (TPSA) is 75.3 Å². The highest BCUT2D eigenvalue weighted by Gasteiger charge is 2.36. The fourth-order valence-corrected chi connectivity index (χ4v) is 2.56. The van der Waals surface area contributed by atoms with Crippen molar-refractivity contribution in [2.24, 2.45) is 5.73 Å². The van der Waals surface area contributed by atoms with Gasteiger partial charge in [0.2, 0.25) is 5.13 Å². The standard InChI is InChI=1S/C10H17N5OS/c1-10(2,3)7-12-13-8(17-7)15-6(11)5-14(4)9(15)16/h6H,5,11H2,1-4H3. The molecular weight excluding hydrogens is 238 g/mol. The Morgan fingerprint density at radius 3 is 2.47 bits per heavy atom. The molecule has 6 nitrogen and oxygen atoms in total. The Labute approximate surface area is 104 Å². The minimum absolute atomic E-state index is 0.0608. The van der Waals surface area contributed by atoms with Crippen molar-refractivity contribution in [2.75, 3.05) is 18.5 Å². The zero-order chi connectivity index (χ0) is 12.8. The fraction of sp³-hybridized carbons (Fsp3) is 0.700. The highest BCUT2D eigenvalue weighted by molar-refractivity contribution is 7.15. The van der Waals surface area contributed by atoms with Crippen LogP contribution in [-0.2, 0) is 5.41 Å². The number of likely N-dealkylation sites (N-methyl/N-ethyl adjacent to an activating group) is 1. The molecule has 0 radical (unpaired) electrons. The van der Waals surface area contributed by atoms with Crippen LogP contribution < -0.4 is 10.6 Å². The number of amides is 2. The molecule has 2 rings (SSSR count). The molecule has 0 spiro atoms. The largest absolute Gasteiger partial charge is 0.327 e. The number of carbonyl (C=O) groups is 1. The van der Waals surface area contributed by atoms with E-state index in [1.165, 1.54) is 16.2 Å². The molecule has 1 fully saturated rings. The Balaban J connectivity index is 2.29. The van der Waals surface area contributed by atoms with E-state index in [0.717, 1.165) is 5.01 Å². The van der Waals surface area contributed by atoms with Crippen LogP contribution in [0.2, 0.25) is 0 Å². The molecule has 1 aliphatic heterocycles. The number of rotatable bonds is 1. The molecule has 2 amide bonds. The van der Waals surface area contributed by atoms with Gasteiger partial charge in [0, 0.05) is 12.5 Å². The molecule has 2 heterocycles. The number of urea groups is 1. The second-order valence-corrected chi connectivity index (χ2v) is 6.20. The van der Waals surface area contributed by atoms with Crippen LogP contribution in [0.4, 0.5) is 9.93 Å². The predicted molar refractivity (Wildman–Crippen MR) is 67.1 cm³/mol. The van der Waals surface area contributed by atoms with Crippen LogP contribution >= 0.6 is 11.3 Å². The zero-order valence-corrected chi connectivity index (χ0v) is 11.3. The van der Waals surface area contributed by atoms with E-state index in [1.54, 1.807) is 11.9 Å². The summed E-state index contributed by atoms with van der Waals surface area (Å²) in [4.78, 5) is 15.0. The lowest BCUT2D eigenvalue weighted by Gasteiger charge is -2.16. The molecule has 17 heavy (non-hydrogen) atoms. The lowest BCUT2D eigenvalue weighted by Crippen LogP contribution is -2.40. The number of anilines is 1. The van der Waals surface area contributed by atoms with Gasteiger partial charge in [0.25, 0.3) is 0 Å². The van der Waals surface area contributed by atoms with Gasteiger partial charge >= 0.3 is 6.03 Å². The van der Waals surface area contributed by atoms with E-state index in [-0.39, 0.29) is 17.6 Å². The molecule has 1 aromatic rings. The minimum Gasteiger partial charge on any atom is -0.324 e. The maximum Gasteiger partial charge on any atom is 0.327 e. The van der Waals surface area contributed by atoms with Crippen molar-refractivity contribution in [3.05, 3.63) is 5.01 Å². The molecule has 94 valence electrons. The number of hydrogen-bond donors (Lipinski definition) is 1. The monoisotopic (exact) mass is 255 g/mol. The summed E-state index contributed by atoms with van der Waals surface area (Å²) >= 11 is 1.42. The second-order valence-electron chi connectivity index (χ2n) is 5.24. The third-order valence-corrected chi connectivity index (χ3v) is 3.94. The second kappa shape index (κ2) is 3.92. The summed E-state index contributed by atoms with van der Waals surface area (Å²) in [6.07, 6.45) is -0.340. The van der Waals surface area contributed by atoms with E-state index in [2.05, 4.69) is 31.0 Å². The number of nitrogens with zero attached hydrogens (tertiary/aromatic N) is 4. The van der Waals surface area contributed by atoms with E-state index in [1.807, 2.05) is 0 Å². The summed E-state index contributed by atoms with van der Waals surface area (Å²) in [5, 5.41) is 9.68. The number of nitrogens with two attached hydrogens (primary N) is 1. The third-order valence-electron chi connectivity index (χ3n) is 2.59. The molecule has 0 saturated carbocycles. The molecule has 2 N–H and O–H groups in total. The molecule has 1 atom stereocenters. The minimum atomic E-state index is -0.340. The van der Waals surface area contributed by atoms with Gasteiger partial charge < -0.3 is 10.6 Å². The van der Waals surface area contributed by atoms with Crippen LogP contribution in [0.3, 0.4) is 0 Å². The lowest BCUT2D eigenvalue weighted by atomic mass is 9.98. The summed E-state index contributed by atoms with van der Waals surface area (Å²) in [6, 6.07) is -0.117. The summed E-state index contributed by atoms with van der Waals surface area (Å²) < 4.78 is 0. The van der Waals surface area contributed by atoms with E-state index < -0.39 is 0 Å². The first kappa shape index (κ1) is 12.3. The summed E-state index contributed by atoms with van der Waals surface area (Å²) in [5.74, 6) is 0. The Morgan fingerprint density at radius 1 is 1.41 bits per heavy atom. The van der Waals surface area contributed by atoms with Crippen molar-refractivity contribution < 1.29 is 4.79 Å². The quantitative estimate of drug-likeness (QED) is 0.812. The molecule has 1 aromatic heterocycles. The molecular formula is C10H17N5OS. The van der Waals surface area contributed by atoms with Crippen LogP contribution in [-0.4, -0.2) is 40.9 Å². The Bertz CT molecular complexity index is 438. The van der Waals surface area contributed by atoms with Crippen molar-refractivity contribution in [1.29, 1.82) is 0 Å². The lowest BCUT2D eigenvalue weighted by molar-refractivity contribution is 0.229. The van der Waals surface area contributed by atoms with Crippen molar-refractivity contribution >= 4 is 22.5 Å². The summed E-state index contributed by atoms with van der Waals surface area (Å²) in [7, 11) is 1.73. The van der Waals surface area contributed by atoms with Crippen LogP contribution in [0.5, 0.6) is 0 Å².